The molecule has 1 N–H and O–H groups in total. The van der Waals surface area contributed by atoms with Gasteiger partial charge in [-0.2, -0.15) is 0 Å². The predicted molar refractivity (Wildman–Crippen MR) is 94.4 cm³/mol. The number of rotatable bonds is 6. The number of halogens is 3. The van der Waals surface area contributed by atoms with Gasteiger partial charge in [-0.3, -0.25) is 9.69 Å². The van der Waals surface area contributed by atoms with Crippen molar-refractivity contribution in [2.45, 2.75) is 6.54 Å². The lowest BCUT2D eigenvalue weighted by Gasteiger charge is -2.17. The van der Waals surface area contributed by atoms with Gasteiger partial charge in [-0.15, -0.1) is 0 Å². The van der Waals surface area contributed by atoms with Crippen molar-refractivity contribution in [3.8, 4) is 5.75 Å². The highest BCUT2D eigenvalue weighted by atomic mass is 35.5. The maximum Gasteiger partial charge on any atom is 0.238 e. The van der Waals surface area contributed by atoms with Crippen molar-refractivity contribution in [1.82, 2.24) is 4.90 Å². The molecule has 0 saturated heterocycles. The molecule has 0 aromatic heterocycles. The number of nitrogens with one attached hydrogen (secondary N) is 1. The van der Waals surface area contributed by atoms with Crippen molar-refractivity contribution in [3.63, 3.8) is 0 Å². The third-order valence-electron chi connectivity index (χ3n) is 3.34. The highest BCUT2D eigenvalue weighted by molar-refractivity contribution is 6.32. The summed E-state index contributed by atoms with van der Waals surface area (Å²) in [6, 6.07) is 9.46. The number of nitrogens with zero attached hydrogens (tertiary/aromatic N) is 1. The van der Waals surface area contributed by atoms with Crippen LogP contribution in [0.2, 0.25) is 10.0 Å². The van der Waals surface area contributed by atoms with Crippen LogP contribution >= 0.6 is 23.2 Å². The lowest BCUT2D eigenvalue weighted by molar-refractivity contribution is -0.117. The summed E-state index contributed by atoms with van der Waals surface area (Å²) in [4.78, 5) is 13.8. The van der Waals surface area contributed by atoms with Gasteiger partial charge in [0.25, 0.3) is 0 Å². The largest absolute Gasteiger partial charge is 0.495 e. The van der Waals surface area contributed by atoms with Crippen LogP contribution in [0.4, 0.5) is 10.1 Å². The molecule has 1 amide bonds. The van der Waals surface area contributed by atoms with Gasteiger partial charge in [0.2, 0.25) is 5.91 Å². The van der Waals surface area contributed by atoms with Crippen LogP contribution in [0, 0.1) is 5.82 Å². The molecule has 2 aromatic carbocycles. The van der Waals surface area contributed by atoms with Crippen molar-refractivity contribution in [3.05, 3.63) is 57.8 Å². The van der Waals surface area contributed by atoms with Crippen molar-refractivity contribution >= 4 is 34.8 Å². The van der Waals surface area contributed by atoms with Crippen LogP contribution in [0.25, 0.3) is 0 Å². The fourth-order valence-electron chi connectivity index (χ4n) is 2.20. The normalized spacial score (nSPS) is 10.8. The number of likely N-dealkylation sites (N-methyl/N-ethyl adjacent to an activating group) is 1. The Morgan fingerprint density at radius 3 is 2.62 bits per heavy atom. The molecule has 128 valence electrons. The number of methoxy groups -OCH3 is 1. The smallest absolute Gasteiger partial charge is 0.238 e. The second kappa shape index (κ2) is 8.33. The van der Waals surface area contributed by atoms with E-state index >= 15 is 0 Å². The van der Waals surface area contributed by atoms with Crippen molar-refractivity contribution in [2.75, 3.05) is 26.0 Å². The van der Waals surface area contributed by atoms with Crippen molar-refractivity contribution in [1.29, 1.82) is 0 Å². The van der Waals surface area contributed by atoms with Gasteiger partial charge < -0.3 is 10.1 Å². The van der Waals surface area contributed by atoms with E-state index in [4.69, 9.17) is 27.9 Å². The summed E-state index contributed by atoms with van der Waals surface area (Å²) in [6.45, 7) is 0.302. The van der Waals surface area contributed by atoms with Gasteiger partial charge in [0, 0.05) is 22.8 Å². The van der Waals surface area contributed by atoms with E-state index in [0.29, 0.717) is 27.0 Å². The van der Waals surface area contributed by atoms with E-state index in [1.54, 1.807) is 42.3 Å². The van der Waals surface area contributed by atoms with E-state index in [1.807, 2.05) is 0 Å². The zero-order chi connectivity index (χ0) is 17.7. The zero-order valence-electron chi connectivity index (χ0n) is 13.3. The number of hydrogen-bond donors (Lipinski definition) is 1. The fraction of sp³-hybridized carbons (Fsp3) is 0.235. The van der Waals surface area contributed by atoms with Crippen molar-refractivity contribution < 1.29 is 13.9 Å². The number of anilines is 1. The molecule has 4 nitrogen and oxygen atoms in total. The van der Waals surface area contributed by atoms with Crippen molar-refractivity contribution in [2.24, 2.45) is 0 Å². The summed E-state index contributed by atoms with van der Waals surface area (Å²) in [6.07, 6.45) is 0. The highest BCUT2D eigenvalue weighted by Crippen LogP contribution is 2.27. The predicted octanol–water partition coefficient (Wildman–Crippen LogP) is 4.21. The molecule has 0 bridgehead atoms. The topological polar surface area (TPSA) is 41.6 Å². The molecule has 0 fully saturated rings. The van der Waals surface area contributed by atoms with Crippen LogP contribution < -0.4 is 10.1 Å². The summed E-state index contributed by atoms with van der Waals surface area (Å²) in [7, 11) is 3.23. The second-order valence-electron chi connectivity index (χ2n) is 5.27. The van der Waals surface area contributed by atoms with E-state index in [9.17, 15) is 9.18 Å². The van der Waals surface area contributed by atoms with E-state index in [2.05, 4.69) is 5.32 Å². The van der Waals surface area contributed by atoms with E-state index < -0.39 is 5.82 Å². The molecule has 0 spiro atoms. The maximum atomic E-state index is 13.8. The van der Waals surface area contributed by atoms with E-state index in [-0.39, 0.29) is 19.0 Å². The zero-order valence-corrected chi connectivity index (χ0v) is 14.8. The van der Waals surface area contributed by atoms with E-state index in [1.165, 1.54) is 13.2 Å². The lowest BCUT2D eigenvalue weighted by atomic mass is 10.2. The Hall–Kier alpha value is -1.82. The standard InChI is InChI=1S/C17H17Cl2FN2O2/c1-22(9-12-13(18)4-3-5-15(12)20)10-17(23)21-11-6-7-16(24-2)14(19)8-11/h3-8H,9-10H2,1-2H3,(H,21,23). The minimum absolute atomic E-state index is 0.0777. The molecule has 24 heavy (non-hydrogen) atoms. The first-order chi connectivity index (χ1) is 11.4. The van der Waals surface area contributed by atoms with Gasteiger partial charge in [-0.05, 0) is 37.4 Å². The molecule has 0 atom stereocenters. The fourth-order valence-corrected chi connectivity index (χ4v) is 2.68. The first-order valence-electron chi connectivity index (χ1n) is 7.15. The Morgan fingerprint density at radius 1 is 1.25 bits per heavy atom. The molecule has 0 saturated carbocycles. The minimum Gasteiger partial charge on any atom is -0.495 e. The second-order valence-corrected chi connectivity index (χ2v) is 6.08. The van der Waals surface area contributed by atoms with Gasteiger partial charge in [-0.25, -0.2) is 4.39 Å². The molecule has 0 heterocycles. The first kappa shape index (κ1) is 18.5. The monoisotopic (exact) mass is 370 g/mol. The summed E-state index contributed by atoms with van der Waals surface area (Å²) in [5, 5.41) is 3.47. The average Bonchev–Trinajstić information content (AvgIpc) is 2.51. The summed E-state index contributed by atoms with van der Waals surface area (Å²) in [5.74, 6) is -0.108. The van der Waals surface area contributed by atoms with Crippen LogP contribution in [0.1, 0.15) is 5.56 Å². The van der Waals surface area contributed by atoms with Gasteiger partial charge in [0.05, 0.1) is 18.7 Å². The molecule has 0 radical (unpaired) electrons. The van der Waals surface area contributed by atoms with Crippen LogP contribution in [-0.2, 0) is 11.3 Å². The average molecular weight is 371 g/mol. The van der Waals surface area contributed by atoms with E-state index in [0.717, 1.165) is 0 Å². The third-order valence-corrected chi connectivity index (χ3v) is 3.99. The van der Waals surface area contributed by atoms with Gasteiger partial charge in [0.1, 0.15) is 11.6 Å². The summed E-state index contributed by atoms with van der Waals surface area (Å²) < 4.78 is 18.8. The molecular formula is C17H17Cl2FN2O2. The highest BCUT2D eigenvalue weighted by Gasteiger charge is 2.13. The van der Waals surface area contributed by atoms with Crippen LogP contribution in [-0.4, -0.2) is 31.5 Å². The van der Waals surface area contributed by atoms with Gasteiger partial charge >= 0.3 is 0 Å². The van der Waals surface area contributed by atoms with Crippen LogP contribution in [0.5, 0.6) is 5.75 Å². The molecule has 0 aliphatic rings. The van der Waals surface area contributed by atoms with Gasteiger partial charge in [-0.1, -0.05) is 29.3 Å². The molecule has 2 rings (SSSR count). The van der Waals surface area contributed by atoms with Crippen LogP contribution in [0.15, 0.2) is 36.4 Å². The molecule has 2 aromatic rings. The summed E-state index contributed by atoms with van der Waals surface area (Å²) >= 11 is 12.0. The molecular weight excluding hydrogens is 354 g/mol. The quantitative estimate of drug-likeness (QED) is 0.827. The number of carbonyl (C=O) groups is 1. The Balaban J connectivity index is 1.95. The van der Waals surface area contributed by atoms with Crippen LogP contribution in [0.3, 0.4) is 0 Å². The summed E-state index contributed by atoms with van der Waals surface area (Å²) in [5.41, 5.74) is 0.921. The Morgan fingerprint density at radius 2 is 2.00 bits per heavy atom. The number of amides is 1. The lowest BCUT2D eigenvalue weighted by Crippen LogP contribution is -2.30. The SMILES string of the molecule is COc1ccc(NC(=O)CN(C)Cc2c(F)cccc2Cl)cc1Cl. The molecule has 0 aliphatic carbocycles. The van der Waals surface area contributed by atoms with Gasteiger partial charge in [0.15, 0.2) is 0 Å². The molecule has 7 heteroatoms. The number of carbonyl (C=O) groups excluding carboxylic acids is 1. The number of benzene rings is 2. The minimum atomic E-state index is -0.392. The Kier molecular flexibility index (Phi) is 6.43. The molecule has 0 aliphatic heterocycles. The number of hydrogen-bond acceptors (Lipinski definition) is 3. The Bertz CT molecular complexity index is 720. The Labute approximate surface area is 150 Å². The first-order valence-corrected chi connectivity index (χ1v) is 7.91. The number of ether oxygens (including phenoxy) is 1. The molecule has 0 unspecified atom stereocenters. The third kappa shape index (κ3) is 4.84. The maximum absolute atomic E-state index is 13.8.